The molecule has 0 fully saturated rings. The first kappa shape index (κ1) is 11.6. The number of hydrogen-bond acceptors (Lipinski definition) is 4. The fourth-order valence-corrected chi connectivity index (χ4v) is 0.937. The van der Waals surface area contributed by atoms with Crippen LogP contribution in [-0.4, -0.2) is 15.6 Å². The van der Waals surface area contributed by atoms with E-state index in [9.17, 15) is 8.78 Å². The van der Waals surface area contributed by atoms with Crippen molar-refractivity contribution in [2.24, 2.45) is 0 Å². The van der Waals surface area contributed by atoms with Crippen molar-refractivity contribution >= 4 is 5.69 Å². The Hall–Kier alpha value is -1.46. The molecule has 1 heterocycles. The second-order valence-electron chi connectivity index (χ2n) is 3.99. The standard InChI is InChI=1S/C9H13F2N3O/c1-9(2,3)15-8-5(12)6(7(10)11)13-4-14-8/h4,7H,12H2,1-3H3. The number of nitrogen functional groups attached to an aromatic ring is 1. The van der Waals surface area contributed by atoms with Crippen LogP contribution >= 0.6 is 0 Å². The van der Waals surface area contributed by atoms with Crippen molar-refractivity contribution in [1.82, 2.24) is 9.97 Å². The molecule has 0 saturated carbocycles. The molecule has 0 bridgehead atoms. The first-order valence-corrected chi connectivity index (χ1v) is 4.39. The Bertz CT molecular complexity index is 350. The van der Waals surface area contributed by atoms with Crippen LogP contribution in [-0.2, 0) is 0 Å². The highest BCUT2D eigenvalue weighted by molar-refractivity contribution is 5.52. The number of rotatable bonds is 2. The molecule has 2 N–H and O–H groups in total. The van der Waals surface area contributed by atoms with Crippen LogP contribution in [0.2, 0.25) is 0 Å². The smallest absolute Gasteiger partial charge is 0.282 e. The van der Waals surface area contributed by atoms with Crippen LogP contribution < -0.4 is 10.5 Å². The van der Waals surface area contributed by atoms with Crippen LogP contribution in [0.3, 0.4) is 0 Å². The topological polar surface area (TPSA) is 61.0 Å². The third-order valence-electron chi connectivity index (χ3n) is 1.49. The van der Waals surface area contributed by atoms with Crippen LogP contribution in [0.4, 0.5) is 14.5 Å². The predicted molar refractivity (Wildman–Crippen MR) is 51.8 cm³/mol. The van der Waals surface area contributed by atoms with E-state index < -0.39 is 17.7 Å². The zero-order valence-electron chi connectivity index (χ0n) is 8.79. The average molecular weight is 217 g/mol. The number of ether oxygens (including phenoxy) is 1. The first-order chi connectivity index (χ1) is 6.81. The van der Waals surface area contributed by atoms with Gasteiger partial charge in [-0.2, -0.15) is 4.98 Å². The summed E-state index contributed by atoms with van der Waals surface area (Å²) in [6.07, 6.45) is -1.71. The van der Waals surface area contributed by atoms with Crippen LogP contribution in [0.15, 0.2) is 6.33 Å². The normalized spacial score (nSPS) is 11.9. The number of halogens is 2. The van der Waals surface area contributed by atoms with Gasteiger partial charge in [0, 0.05) is 0 Å². The van der Waals surface area contributed by atoms with Gasteiger partial charge >= 0.3 is 0 Å². The lowest BCUT2D eigenvalue weighted by molar-refractivity contribution is 0.121. The van der Waals surface area contributed by atoms with Crippen LogP contribution in [0, 0.1) is 0 Å². The first-order valence-electron chi connectivity index (χ1n) is 4.39. The number of nitrogens with zero attached hydrogens (tertiary/aromatic N) is 2. The van der Waals surface area contributed by atoms with E-state index in [0.29, 0.717) is 0 Å². The third kappa shape index (κ3) is 3.00. The van der Waals surface area contributed by atoms with Gasteiger partial charge in [-0.25, -0.2) is 13.8 Å². The predicted octanol–water partition coefficient (Wildman–Crippen LogP) is 2.17. The maximum atomic E-state index is 12.4. The summed E-state index contributed by atoms with van der Waals surface area (Å²) < 4.78 is 30.1. The van der Waals surface area contributed by atoms with E-state index in [1.807, 2.05) is 0 Å². The minimum atomic E-state index is -2.73. The van der Waals surface area contributed by atoms with Crippen molar-refractivity contribution in [2.75, 3.05) is 5.73 Å². The lowest BCUT2D eigenvalue weighted by Gasteiger charge is -2.21. The zero-order valence-corrected chi connectivity index (χ0v) is 8.79. The second kappa shape index (κ2) is 3.96. The molecule has 0 aliphatic heterocycles. The quantitative estimate of drug-likeness (QED) is 0.824. The molecule has 0 aromatic carbocycles. The molecule has 0 saturated heterocycles. The summed E-state index contributed by atoms with van der Waals surface area (Å²) in [6.45, 7) is 5.32. The van der Waals surface area contributed by atoms with E-state index in [0.717, 1.165) is 6.33 Å². The molecule has 1 aromatic rings. The van der Waals surface area contributed by atoms with Gasteiger partial charge in [0.15, 0.2) is 0 Å². The van der Waals surface area contributed by atoms with Gasteiger partial charge in [0.05, 0.1) is 0 Å². The Kier molecular flexibility index (Phi) is 3.06. The van der Waals surface area contributed by atoms with Gasteiger partial charge in [-0.1, -0.05) is 0 Å². The Morgan fingerprint density at radius 1 is 1.33 bits per heavy atom. The number of alkyl halides is 2. The van der Waals surface area contributed by atoms with E-state index >= 15 is 0 Å². The van der Waals surface area contributed by atoms with E-state index in [4.69, 9.17) is 10.5 Å². The molecule has 0 aliphatic carbocycles. The number of hydrogen-bond donors (Lipinski definition) is 1. The van der Waals surface area contributed by atoms with Crippen molar-refractivity contribution in [3.8, 4) is 5.88 Å². The number of nitrogens with two attached hydrogens (primary N) is 1. The van der Waals surface area contributed by atoms with Gasteiger partial charge in [-0.05, 0) is 20.8 Å². The van der Waals surface area contributed by atoms with Crippen molar-refractivity contribution < 1.29 is 13.5 Å². The number of anilines is 1. The summed E-state index contributed by atoms with van der Waals surface area (Å²) in [7, 11) is 0. The minimum Gasteiger partial charge on any atom is -0.470 e. The molecular weight excluding hydrogens is 204 g/mol. The Labute approximate surface area is 86.5 Å². The molecule has 0 spiro atoms. The highest BCUT2D eigenvalue weighted by Gasteiger charge is 2.21. The monoisotopic (exact) mass is 217 g/mol. The minimum absolute atomic E-state index is 0.00667. The highest BCUT2D eigenvalue weighted by atomic mass is 19.3. The van der Waals surface area contributed by atoms with E-state index in [1.54, 1.807) is 20.8 Å². The van der Waals surface area contributed by atoms with Gasteiger partial charge in [0.2, 0.25) is 5.88 Å². The second-order valence-corrected chi connectivity index (χ2v) is 3.99. The molecule has 0 radical (unpaired) electrons. The molecule has 0 aliphatic rings. The van der Waals surface area contributed by atoms with Crippen LogP contribution in [0.1, 0.15) is 32.9 Å². The SMILES string of the molecule is CC(C)(C)Oc1ncnc(C(F)F)c1N. The number of aromatic nitrogens is 2. The molecule has 0 atom stereocenters. The Morgan fingerprint density at radius 3 is 2.40 bits per heavy atom. The molecule has 0 amide bonds. The van der Waals surface area contributed by atoms with Gasteiger partial charge < -0.3 is 10.5 Å². The van der Waals surface area contributed by atoms with Crippen molar-refractivity contribution in [3.05, 3.63) is 12.0 Å². The summed E-state index contributed by atoms with van der Waals surface area (Å²) >= 11 is 0. The van der Waals surface area contributed by atoms with E-state index in [2.05, 4.69) is 9.97 Å². The molecular formula is C9H13F2N3O. The molecule has 4 nitrogen and oxygen atoms in total. The molecule has 15 heavy (non-hydrogen) atoms. The fourth-order valence-electron chi connectivity index (χ4n) is 0.937. The van der Waals surface area contributed by atoms with E-state index in [-0.39, 0.29) is 11.6 Å². The molecule has 1 aromatic heterocycles. The van der Waals surface area contributed by atoms with Crippen molar-refractivity contribution in [1.29, 1.82) is 0 Å². The van der Waals surface area contributed by atoms with Gasteiger partial charge in [0.25, 0.3) is 6.43 Å². The Balaban J connectivity index is 3.05. The van der Waals surface area contributed by atoms with Gasteiger partial charge in [-0.15, -0.1) is 0 Å². The summed E-state index contributed by atoms with van der Waals surface area (Å²) in [5.74, 6) is -0.00667. The van der Waals surface area contributed by atoms with Gasteiger partial charge in [0.1, 0.15) is 23.3 Å². The third-order valence-corrected chi connectivity index (χ3v) is 1.49. The zero-order chi connectivity index (χ0) is 11.6. The molecule has 84 valence electrons. The van der Waals surface area contributed by atoms with Crippen molar-refractivity contribution in [2.45, 2.75) is 32.8 Å². The molecule has 6 heteroatoms. The summed E-state index contributed by atoms with van der Waals surface area (Å²) in [4.78, 5) is 7.12. The van der Waals surface area contributed by atoms with Crippen molar-refractivity contribution in [3.63, 3.8) is 0 Å². The van der Waals surface area contributed by atoms with Crippen LogP contribution in [0.5, 0.6) is 5.88 Å². The summed E-state index contributed by atoms with van der Waals surface area (Å²) in [5, 5.41) is 0. The summed E-state index contributed by atoms with van der Waals surface area (Å²) in [6, 6.07) is 0. The lowest BCUT2D eigenvalue weighted by Crippen LogP contribution is -2.24. The largest absolute Gasteiger partial charge is 0.470 e. The maximum Gasteiger partial charge on any atom is 0.282 e. The maximum absolute atomic E-state index is 12.4. The average Bonchev–Trinajstić information content (AvgIpc) is 2.05. The lowest BCUT2D eigenvalue weighted by atomic mass is 10.2. The van der Waals surface area contributed by atoms with E-state index in [1.165, 1.54) is 0 Å². The molecule has 1 rings (SSSR count). The molecule has 0 unspecified atom stereocenters. The Morgan fingerprint density at radius 2 is 1.93 bits per heavy atom. The fraction of sp³-hybridized carbons (Fsp3) is 0.556. The van der Waals surface area contributed by atoms with Gasteiger partial charge in [-0.3, -0.25) is 0 Å². The van der Waals surface area contributed by atoms with Crippen LogP contribution in [0.25, 0.3) is 0 Å². The summed E-state index contributed by atoms with van der Waals surface area (Å²) in [5.41, 5.74) is 4.22. The highest BCUT2D eigenvalue weighted by Crippen LogP contribution is 2.30.